The van der Waals surface area contributed by atoms with E-state index in [1.54, 1.807) is 35.2 Å². The summed E-state index contributed by atoms with van der Waals surface area (Å²) in [6, 6.07) is 7.42. The fraction of sp³-hybridized carbons (Fsp3) is 0.353. The second-order valence-electron chi connectivity index (χ2n) is 5.58. The van der Waals surface area contributed by atoms with E-state index in [9.17, 15) is 9.59 Å². The first kappa shape index (κ1) is 18.5. The molecule has 5 nitrogen and oxygen atoms in total. The number of benzene rings is 1. The Morgan fingerprint density at radius 1 is 1.25 bits per heavy atom. The lowest BCUT2D eigenvalue weighted by molar-refractivity contribution is -0.120. The summed E-state index contributed by atoms with van der Waals surface area (Å²) < 4.78 is 0. The molecule has 0 aliphatic carbocycles. The van der Waals surface area contributed by atoms with Crippen LogP contribution < -0.4 is 10.6 Å². The quantitative estimate of drug-likeness (QED) is 0.742. The number of hydrogen-bond acceptors (Lipinski definition) is 5. The predicted molar refractivity (Wildman–Crippen MR) is 98.5 cm³/mol. The van der Waals surface area contributed by atoms with Gasteiger partial charge >= 0.3 is 0 Å². The van der Waals surface area contributed by atoms with Gasteiger partial charge in [-0.15, -0.1) is 23.1 Å². The topological polar surface area (TPSA) is 71.1 Å². The largest absolute Gasteiger partial charge is 0.352 e. The molecule has 0 bridgehead atoms. The summed E-state index contributed by atoms with van der Waals surface area (Å²) in [6.07, 6.45) is 0. The molecule has 0 unspecified atom stereocenters. The summed E-state index contributed by atoms with van der Waals surface area (Å²) in [4.78, 5) is 29.1. The van der Waals surface area contributed by atoms with Gasteiger partial charge in [-0.05, 0) is 45.0 Å². The van der Waals surface area contributed by atoms with Gasteiger partial charge in [-0.2, -0.15) is 0 Å². The molecule has 0 spiro atoms. The summed E-state index contributed by atoms with van der Waals surface area (Å²) in [6.45, 7) is 5.73. The maximum atomic E-state index is 12.0. The fourth-order valence-electron chi connectivity index (χ4n) is 1.97. The molecule has 128 valence electrons. The van der Waals surface area contributed by atoms with E-state index in [1.165, 1.54) is 0 Å². The smallest absolute Gasteiger partial charge is 0.251 e. The summed E-state index contributed by atoms with van der Waals surface area (Å²) >= 11 is 3.33. The highest BCUT2D eigenvalue weighted by molar-refractivity contribution is 7.98. The molecule has 1 aromatic heterocycles. The molecule has 7 heteroatoms. The van der Waals surface area contributed by atoms with Crippen molar-refractivity contribution < 1.29 is 9.59 Å². The van der Waals surface area contributed by atoms with Gasteiger partial charge < -0.3 is 10.6 Å². The molecule has 1 heterocycles. The average molecular weight is 364 g/mol. The standard InChI is InChI=1S/C17H21N3O2S2/c1-11(2)19-16(21)8-18-17(22)13-4-6-15(7-5-13)24-10-14-9-23-12(3)20-14/h4-7,9,11H,8,10H2,1-3H3,(H,18,22)(H,19,21). The highest BCUT2D eigenvalue weighted by atomic mass is 32.2. The molecule has 2 aromatic rings. The normalized spacial score (nSPS) is 10.7. The Morgan fingerprint density at radius 2 is 1.96 bits per heavy atom. The number of thiazole rings is 1. The molecule has 0 radical (unpaired) electrons. The molecule has 2 rings (SSSR count). The minimum Gasteiger partial charge on any atom is -0.352 e. The van der Waals surface area contributed by atoms with Crippen molar-refractivity contribution in [2.75, 3.05) is 6.54 Å². The number of thioether (sulfide) groups is 1. The van der Waals surface area contributed by atoms with Crippen LogP contribution >= 0.6 is 23.1 Å². The van der Waals surface area contributed by atoms with Crippen LogP contribution in [0.15, 0.2) is 34.5 Å². The van der Waals surface area contributed by atoms with Crippen molar-refractivity contribution in [1.82, 2.24) is 15.6 Å². The van der Waals surface area contributed by atoms with Gasteiger partial charge in [0.1, 0.15) is 0 Å². The Labute approximate surface area is 150 Å². The lowest BCUT2D eigenvalue weighted by Gasteiger charge is -2.09. The SMILES string of the molecule is Cc1nc(CSc2ccc(C(=O)NCC(=O)NC(C)C)cc2)cs1. The monoisotopic (exact) mass is 363 g/mol. The van der Waals surface area contributed by atoms with E-state index in [4.69, 9.17) is 0 Å². The van der Waals surface area contributed by atoms with Crippen LogP contribution in [0.4, 0.5) is 0 Å². The number of nitrogens with one attached hydrogen (secondary N) is 2. The third-order valence-electron chi connectivity index (χ3n) is 3.03. The molecule has 1 aromatic carbocycles. The van der Waals surface area contributed by atoms with Crippen molar-refractivity contribution in [3.63, 3.8) is 0 Å². The lowest BCUT2D eigenvalue weighted by Crippen LogP contribution is -2.39. The highest BCUT2D eigenvalue weighted by Crippen LogP contribution is 2.23. The van der Waals surface area contributed by atoms with E-state index in [2.05, 4.69) is 21.0 Å². The van der Waals surface area contributed by atoms with Crippen LogP contribution in [0.5, 0.6) is 0 Å². The lowest BCUT2D eigenvalue weighted by atomic mass is 10.2. The van der Waals surface area contributed by atoms with E-state index in [-0.39, 0.29) is 24.4 Å². The van der Waals surface area contributed by atoms with Crippen molar-refractivity contribution in [2.45, 2.75) is 37.5 Å². The number of aryl methyl sites for hydroxylation is 1. The average Bonchev–Trinajstić information content (AvgIpc) is 2.96. The van der Waals surface area contributed by atoms with Crippen molar-refractivity contribution in [3.8, 4) is 0 Å². The first-order valence-corrected chi connectivity index (χ1v) is 9.52. The van der Waals surface area contributed by atoms with Crippen molar-refractivity contribution in [1.29, 1.82) is 0 Å². The van der Waals surface area contributed by atoms with Crippen molar-refractivity contribution in [3.05, 3.63) is 45.9 Å². The van der Waals surface area contributed by atoms with Gasteiger partial charge in [0.2, 0.25) is 5.91 Å². The van der Waals surface area contributed by atoms with Gasteiger partial charge in [-0.1, -0.05) is 0 Å². The van der Waals surface area contributed by atoms with E-state index in [0.29, 0.717) is 5.56 Å². The Bertz CT molecular complexity index is 696. The molecule has 24 heavy (non-hydrogen) atoms. The second-order valence-corrected chi connectivity index (χ2v) is 7.69. The van der Waals surface area contributed by atoms with Gasteiger partial charge in [0.25, 0.3) is 5.91 Å². The predicted octanol–water partition coefficient (Wildman–Crippen LogP) is 3.00. The minimum atomic E-state index is -0.249. The van der Waals surface area contributed by atoms with Crippen LogP contribution in [-0.4, -0.2) is 29.4 Å². The first-order chi connectivity index (χ1) is 11.4. The van der Waals surface area contributed by atoms with Gasteiger partial charge in [0, 0.05) is 27.6 Å². The van der Waals surface area contributed by atoms with Crippen LogP contribution in [-0.2, 0) is 10.5 Å². The fourth-order valence-corrected chi connectivity index (χ4v) is 3.48. The molecule has 2 N–H and O–H groups in total. The molecule has 2 amide bonds. The van der Waals surface area contributed by atoms with Gasteiger partial charge in [0.15, 0.2) is 0 Å². The molecule has 0 fully saturated rings. The Morgan fingerprint density at radius 3 is 2.54 bits per heavy atom. The third kappa shape index (κ3) is 5.98. The number of amides is 2. The van der Waals surface area contributed by atoms with Crippen LogP contribution in [0.2, 0.25) is 0 Å². The van der Waals surface area contributed by atoms with Crippen LogP contribution in [0, 0.1) is 6.92 Å². The number of aromatic nitrogens is 1. The summed E-state index contributed by atoms with van der Waals surface area (Å²) in [5, 5.41) is 8.48. The zero-order valence-electron chi connectivity index (χ0n) is 14.0. The van der Waals surface area contributed by atoms with Gasteiger partial charge in [-0.3, -0.25) is 9.59 Å². The summed E-state index contributed by atoms with van der Waals surface area (Å²) in [5.74, 6) is 0.371. The molecule has 0 aliphatic rings. The molecule has 0 atom stereocenters. The Kier molecular flexibility index (Phi) is 6.81. The molecular formula is C17H21N3O2S2. The number of carbonyl (C=O) groups is 2. The van der Waals surface area contributed by atoms with Crippen LogP contribution in [0.25, 0.3) is 0 Å². The molecule has 0 aliphatic heterocycles. The number of nitrogens with zero attached hydrogens (tertiary/aromatic N) is 1. The van der Waals surface area contributed by atoms with E-state index in [0.717, 1.165) is 21.3 Å². The number of carbonyl (C=O) groups excluding carboxylic acids is 2. The highest BCUT2D eigenvalue weighted by Gasteiger charge is 2.09. The maximum Gasteiger partial charge on any atom is 0.251 e. The van der Waals surface area contributed by atoms with E-state index >= 15 is 0 Å². The van der Waals surface area contributed by atoms with Crippen LogP contribution in [0.3, 0.4) is 0 Å². The third-order valence-corrected chi connectivity index (χ3v) is 4.90. The maximum absolute atomic E-state index is 12.0. The summed E-state index contributed by atoms with van der Waals surface area (Å²) in [5.41, 5.74) is 1.61. The summed E-state index contributed by atoms with van der Waals surface area (Å²) in [7, 11) is 0. The van der Waals surface area contributed by atoms with E-state index in [1.807, 2.05) is 32.9 Å². The number of rotatable bonds is 7. The number of hydrogen-bond donors (Lipinski definition) is 2. The van der Waals surface area contributed by atoms with E-state index < -0.39 is 0 Å². The van der Waals surface area contributed by atoms with Gasteiger partial charge in [0.05, 0.1) is 17.2 Å². The van der Waals surface area contributed by atoms with Crippen molar-refractivity contribution in [2.24, 2.45) is 0 Å². The minimum absolute atomic E-state index is 0.0172. The van der Waals surface area contributed by atoms with Crippen molar-refractivity contribution >= 4 is 34.9 Å². The van der Waals surface area contributed by atoms with Crippen LogP contribution in [0.1, 0.15) is 34.9 Å². The zero-order valence-corrected chi connectivity index (χ0v) is 15.6. The van der Waals surface area contributed by atoms with Gasteiger partial charge in [-0.25, -0.2) is 4.98 Å². The second kappa shape index (κ2) is 8.84. The molecule has 0 saturated carbocycles. The molecular weight excluding hydrogens is 342 g/mol. The molecule has 0 saturated heterocycles. The first-order valence-electron chi connectivity index (χ1n) is 7.65. The Balaban J connectivity index is 1.82. The zero-order chi connectivity index (χ0) is 17.5. The Hall–Kier alpha value is -1.86.